The Morgan fingerprint density at radius 2 is 1.64 bits per heavy atom. The molecule has 0 aromatic carbocycles. The van der Waals surface area contributed by atoms with E-state index in [2.05, 4.69) is 17.0 Å². The molecule has 0 aliphatic carbocycles. The van der Waals surface area contributed by atoms with Gasteiger partial charge in [-0.25, -0.2) is 13.6 Å². The van der Waals surface area contributed by atoms with E-state index in [1.807, 2.05) is 13.8 Å². The summed E-state index contributed by atoms with van der Waals surface area (Å²) < 4.78 is 25.4. The summed E-state index contributed by atoms with van der Waals surface area (Å²) in [7, 11) is -0.419. The first-order chi connectivity index (χ1) is 6.34. The molecule has 0 rings (SSSR count). The van der Waals surface area contributed by atoms with Crippen LogP contribution in [0.25, 0.3) is 0 Å². The monoisotopic (exact) mass is 242 g/mol. The lowest BCUT2D eigenvalue weighted by atomic mass is 10.6. The van der Waals surface area contributed by atoms with Crippen LogP contribution in [0, 0.1) is 0 Å². The summed E-state index contributed by atoms with van der Waals surface area (Å²) in [5.41, 5.74) is 0. The molecule has 0 aliphatic rings. The van der Waals surface area contributed by atoms with Crippen molar-refractivity contribution in [3.05, 3.63) is 0 Å². The van der Waals surface area contributed by atoms with E-state index in [-0.39, 0.29) is 4.32 Å². The van der Waals surface area contributed by atoms with Gasteiger partial charge < -0.3 is 9.64 Å². The summed E-state index contributed by atoms with van der Waals surface area (Å²) in [6.45, 7) is 4.76. The van der Waals surface area contributed by atoms with Crippen LogP contribution >= 0.6 is 12.2 Å². The minimum Gasteiger partial charge on any atom is -0.388 e. The molecule has 5 nitrogen and oxygen atoms in total. The van der Waals surface area contributed by atoms with Crippen LogP contribution in [0.3, 0.4) is 0 Å². The van der Waals surface area contributed by atoms with Crippen LogP contribution in [0.4, 0.5) is 0 Å². The van der Waals surface area contributed by atoms with Gasteiger partial charge in [0.2, 0.25) is 4.32 Å². The number of rotatable bonds is 2. The molecular weight excluding hydrogens is 224 g/mol. The zero-order valence-corrected chi connectivity index (χ0v) is 10.6. The first-order valence-electron chi connectivity index (χ1n) is 4.06. The van der Waals surface area contributed by atoms with Crippen LogP contribution in [-0.2, 0) is 14.8 Å². The predicted molar refractivity (Wildman–Crippen MR) is 61.6 cm³/mol. The van der Waals surface area contributed by atoms with Crippen molar-refractivity contribution in [2.45, 2.75) is 13.8 Å². The van der Waals surface area contributed by atoms with Gasteiger partial charge >= 0.3 is 0 Å². The molecule has 0 heterocycles. The van der Waals surface area contributed by atoms with E-state index >= 15 is 0 Å². The summed E-state index contributed by atoms with van der Waals surface area (Å²) in [5.74, 6) is 0. The Balaban J connectivity index is 0. The van der Waals surface area contributed by atoms with Gasteiger partial charge in [-0.3, -0.25) is 0 Å². The molecule has 0 fully saturated rings. The zero-order valence-electron chi connectivity index (χ0n) is 8.98. The van der Waals surface area contributed by atoms with Gasteiger partial charge in [-0.1, -0.05) is 0 Å². The maximum atomic E-state index is 10.7. The van der Waals surface area contributed by atoms with Crippen molar-refractivity contribution in [3.63, 3.8) is 0 Å². The van der Waals surface area contributed by atoms with Crippen molar-refractivity contribution in [1.82, 2.24) is 4.90 Å². The zero-order chi connectivity index (χ0) is 11.8. The van der Waals surface area contributed by atoms with E-state index < -0.39 is 10.0 Å². The number of hydrogen-bond acceptors (Lipinski definition) is 4. The summed E-state index contributed by atoms with van der Waals surface area (Å²) in [6.07, 6.45) is 0. The quantitative estimate of drug-likeness (QED) is 0.699. The molecule has 0 bridgehead atoms. The highest BCUT2D eigenvalue weighted by Gasteiger charge is 2.16. The Labute approximate surface area is 91.3 Å². The van der Waals surface area contributed by atoms with Crippen molar-refractivity contribution in [2.75, 3.05) is 27.3 Å². The number of sulfonamides is 1. The second-order valence-corrected chi connectivity index (χ2v) is 4.51. The number of thiocarbonyl (C=S) groups is 1. The van der Waals surface area contributed by atoms with Crippen LogP contribution in [-0.4, -0.2) is 44.9 Å². The molecule has 0 amide bonds. The summed E-state index contributed by atoms with van der Waals surface area (Å²) in [5, 5.41) is 4.82. The van der Waals surface area contributed by atoms with Gasteiger partial charge in [-0.15, -0.1) is 0 Å². The highest BCUT2D eigenvalue weighted by Crippen LogP contribution is 1.95. The number of primary sulfonamides is 1. The Bertz CT molecular complexity index is 248. The molecule has 0 aliphatic heterocycles. The van der Waals surface area contributed by atoms with Gasteiger partial charge in [0.1, 0.15) is 0 Å². The fourth-order valence-electron chi connectivity index (χ4n) is 0.662. The number of nitrogens with zero attached hydrogens (tertiary/aromatic N) is 1. The molecule has 0 aromatic heterocycles. The second kappa shape index (κ2) is 8.10. The first kappa shape index (κ1) is 16.2. The number of methoxy groups -OCH3 is 1. The Hall–Kier alpha value is -0.240. The van der Waals surface area contributed by atoms with Crippen molar-refractivity contribution in [2.24, 2.45) is 5.14 Å². The van der Waals surface area contributed by atoms with E-state index in [1.54, 1.807) is 14.2 Å². The van der Waals surface area contributed by atoms with E-state index in [1.165, 1.54) is 4.90 Å². The summed E-state index contributed by atoms with van der Waals surface area (Å²) in [6, 6.07) is 0. The molecular formula is C7H18N2O3S2. The van der Waals surface area contributed by atoms with Crippen molar-refractivity contribution >= 4 is 26.6 Å². The van der Waals surface area contributed by atoms with Crippen molar-refractivity contribution < 1.29 is 13.2 Å². The van der Waals surface area contributed by atoms with E-state index in [0.717, 1.165) is 0 Å². The molecule has 0 unspecified atom stereocenters. The van der Waals surface area contributed by atoms with Gasteiger partial charge in [0.05, 0.1) is 0 Å². The molecule has 2 N–H and O–H groups in total. The highest BCUT2D eigenvalue weighted by atomic mass is 32.2. The van der Waals surface area contributed by atoms with Crippen molar-refractivity contribution in [3.8, 4) is 0 Å². The van der Waals surface area contributed by atoms with E-state index in [0.29, 0.717) is 13.1 Å². The lowest BCUT2D eigenvalue weighted by Crippen LogP contribution is -2.38. The lowest BCUT2D eigenvalue weighted by molar-refractivity contribution is 0.277. The SMILES string of the molecule is CCN(CC)C(=S)S(N)(=O)=O.COC. The van der Waals surface area contributed by atoms with Gasteiger partial charge in [0.25, 0.3) is 10.0 Å². The third-order valence-electron chi connectivity index (χ3n) is 1.27. The van der Waals surface area contributed by atoms with Gasteiger partial charge in [0.15, 0.2) is 0 Å². The largest absolute Gasteiger partial charge is 0.388 e. The minimum atomic E-state index is -3.67. The number of nitrogens with two attached hydrogens (primary N) is 1. The Morgan fingerprint density at radius 3 is 1.71 bits per heavy atom. The lowest BCUT2D eigenvalue weighted by Gasteiger charge is -2.19. The van der Waals surface area contributed by atoms with E-state index in [9.17, 15) is 8.42 Å². The van der Waals surface area contributed by atoms with Crippen LogP contribution in [0.5, 0.6) is 0 Å². The Kier molecular flexibility index (Phi) is 9.37. The number of hydrogen-bond donors (Lipinski definition) is 1. The molecule has 0 spiro atoms. The fraction of sp³-hybridized carbons (Fsp3) is 0.857. The third-order valence-corrected chi connectivity index (χ3v) is 2.97. The van der Waals surface area contributed by atoms with Gasteiger partial charge in [0, 0.05) is 27.3 Å². The first-order valence-corrected chi connectivity index (χ1v) is 6.02. The molecule has 7 heteroatoms. The summed E-state index contributed by atoms with van der Waals surface area (Å²) >= 11 is 4.62. The Morgan fingerprint density at radius 1 is 1.36 bits per heavy atom. The third kappa shape index (κ3) is 7.19. The maximum Gasteiger partial charge on any atom is 0.264 e. The molecule has 86 valence electrons. The average molecular weight is 242 g/mol. The minimum absolute atomic E-state index is 0.178. The van der Waals surface area contributed by atoms with Crippen LogP contribution < -0.4 is 5.14 Å². The normalized spacial score (nSPS) is 10.1. The summed E-state index contributed by atoms with van der Waals surface area (Å²) in [4.78, 5) is 1.52. The molecule has 0 saturated carbocycles. The second-order valence-electron chi connectivity index (χ2n) is 2.39. The molecule has 14 heavy (non-hydrogen) atoms. The smallest absolute Gasteiger partial charge is 0.264 e. The highest BCUT2D eigenvalue weighted by molar-refractivity contribution is 8.15. The van der Waals surface area contributed by atoms with Gasteiger partial charge in [-0.2, -0.15) is 0 Å². The molecule has 0 saturated heterocycles. The van der Waals surface area contributed by atoms with Crippen LogP contribution in [0.1, 0.15) is 13.8 Å². The average Bonchev–Trinajstić information content (AvgIpc) is 2.06. The van der Waals surface area contributed by atoms with Crippen LogP contribution in [0.2, 0.25) is 0 Å². The topological polar surface area (TPSA) is 72.6 Å². The van der Waals surface area contributed by atoms with Gasteiger partial charge in [-0.05, 0) is 26.1 Å². The van der Waals surface area contributed by atoms with Crippen LogP contribution in [0.15, 0.2) is 0 Å². The molecule has 0 aromatic rings. The predicted octanol–water partition coefficient (Wildman–Crippen LogP) is 0.164. The molecule has 0 atom stereocenters. The standard InChI is InChI=1S/C5H12N2O2S2.C2H6O/c1-3-7(4-2)5(10)11(6,8)9;1-3-2/h3-4H2,1-2H3,(H2,6,8,9);1-2H3. The number of ether oxygens (including phenoxy) is 1. The van der Waals surface area contributed by atoms with E-state index in [4.69, 9.17) is 5.14 Å². The maximum absolute atomic E-state index is 10.7. The fourth-order valence-corrected chi connectivity index (χ4v) is 1.54. The molecule has 0 radical (unpaired) electrons. The van der Waals surface area contributed by atoms with Crippen molar-refractivity contribution in [1.29, 1.82) is 0 Å².